The van der Waals surface area contributed by atoms with Gasteiger partial charge < -0.3 is 0 Å². The van der Waals surface area contributed by atoms with Crippen molar-refractivity contribution in [3.8, 4) is 5.69 Å². The summed E-state index contributed by atoms with van der Waals surface area (Å²) in [6, 6.07) is 18.8. The van der Waals surface area contributed by atoms with E-state index < -0.39 is 0 Å². The number of hydrogen-bond acceptors (Lipinski definition) is 3. The average Bonchev–Trinajstić information content (AvgIpc) is 3.33. The highest BCUT2D eigenvalue weighted by Gasteiger charge is 2.30. The van der Waals surface area contributed by atoms with Crippen LogP contribution in [0.4, 0.5) is 0 Å². The number of rotatable bonds is 5. The van der Waals surface area contributed by atoms with Crippen LogP contribution >= 0.6 is 27.7 Å². The Balaban J connectivity index is 1.63. The minimum absolute atomic E-state index is 0.572. The van der Waals surface area contributed by atoms with Crippen LogP contribution in [0, 0.1) is 0 Å². The van der Waals surface area contributed by atoms with Crippen LogP contribution < -0.4 is 0 Å². The normalized spacial score (nSPS) is 14.1. The number of nitrogens with zero attached hydrogens (tertiary/aromatic N) is 3. The van der Waals surface area contributed by atoms with Crippen molar-refractivity contribution in [1.82, 2.24) is 14.8 Å². The van der Waals surface area contributed by atoms with Crippen LogP contribution in [0.5, 0.6) is 0 Å². The highest BCUT2D eigenvalue weighted by Crippen LogP contribution is 2.41. The lowest BCUT2D eigenvalue weighted by Crippen LogP contribution is -2.01. The number of aromatic nitrogens is 3. The quantitative estimate of drug-likeness (QED) is 0.565. The summed E-state index contributed by atoms with van der Waals surface area (Å²) in [6.45, 7) is 0. The van der Waals surface area contributed by atoms with Crippen LogP contribution in [0.3, 0.4) is 0 Å². The largest absolute Gasteiger partial charge is 0.274 e. The maximum absolute atomic E-state index is 4.47. The lowest BCUT2D eigenvalue weighted by Gasteiger charge is -2.09. The first-order valence-corrected chi connectivity index (χ1v) is 9.47. The van der Waals surface area contributed by atoms with Gasteiger partial charge >= 0.3 is 0 Å². The first-order valence-electron chi connectivity index (χ1n) is 7.69. The summed E-state index contributed by atoms with van der Waals surface area (Å²) in [5.41, 5.74) is 2.43. The topological polar surface area (TPSA) is 30.7 Å². The molecule has 0 amide bonds. The summed E-state index contributed by atoms with van der Waals surface area (Å²) in [7, 11) is 0. The highest BCUT2D eigenvalue weighted by molar-refractivity contribution is 9.10. The predicted octanol–water partition coefficient (Wildman–Crippen LogP) is 5.20. The van der Waals surface area contributed by atoms with Crippen molar-refractivity contribution >= 4 is 27.7 Å². The van der Waals surface area contributed by atoms with E-state index in [-0.39, 0.29) is 0 Å². The van der Waals surface area contributed by atoms with Gasteiger partial charge in [-0.2, -0.15) is 0 Å². The van der Waals surface area contributed by atoms with E-state index in [1.807, 2.05) is 12.1 Å². The summed E-state index contributed by atoms with van der Waals surface area (Å²) in [5.74, 6) is 2.56. The molecule has 0 spiro atoms. The molecule has 0 atom stereocenters. The van der Waals surface area contributed by atoms with Crippen LogP contribution in [0.1, 0.15) is 30.1 Å². The van der Waals surface area contributed by atoms with Gasteiger partial charge in [0.05, 0.1) is 0 Å². The molecule has 4 rings (SSSR count). The van der Waals surface area contributed by atoms with Crippen molar-refractivity contribution in [3.05, 3.63) is 70.5 Å². The van der Waals surface area contributed by atoms with E-state index in [4.69, 9.17) is 0 Å². The first kappa shape index (κ1) is 15.0. The molecule has 1 aliphatic carbocycles. The molecule has 1 aliphatic rings. The Labute approximate surface area is 148 Å². The van der Waals surface area contributed by atoms with E-state index in [1.165, 1.54) is 18.4 Å². The third kappa shape index (κ3) is 3.35. The molecule has 1 heterocycles. The summed E-state index contributed by atoms with van der Waals surface area (Å²) in [5, 5.41) is 9.89. The van der Waals surface area contributed by atoms with E-state index >= 15 is 0 Å². The van der Waals surface area contributed by atoms with Crippen LogP contribution in [-0.2, 0) is 5.75 Å². The van der Waals surface area contributed by atoms with E-state index in [0.29, 0.717) is 5.92 Å². The molecule has 1 saturated carbocycles. The minimum Gasteiger partial charge on any atom is -0.274 e. The van der Waals surface area contributed by atoms with Crippen LogP contribution in [0.2, 0.25) is 0 Å². The second-order valence-electron chi connectivity index (χ2n) is 5.70. The van der Waals surface area contributed by atoms with Crippen molar-refractivity contribution < 1.29 is 0 Å². The fraction of sp³-hybridized carbons (Fsp3) is 0.222. The first-order chi connectivity index (χ1) is 11.3. The van der Waals surface area contributed by atoms with Gasteiger partial charge in [0.25, 0.3) is 0 Å². The van der Waals surface area contributed by atoms with Crippen molar-refractivity contribution in [1.29, 1.82) is 0 Å². The lowest BCUT2D eigenvalue weighted by atomic mass is 10.2. The fourth-order valence-electron chi connectivity index (χ4n) is 2.58. The molecule has 116 valence electrons. The lowest BCUT2D eigenvalue weighted by molar-refractivity contribution is 0.829. The number of benzene rings is 2. The molecule has 0 N–H and O–H groups in total. The zero-order valence-corrected chi connectivity index (χ0v) is 14.9. The maximum atomic E-state index is 4.47. The Kier molecular flexibility index (Phi) is 4.23. The molecule has 0 bridgehead atoms. The van der Waals surface area contributed by atoms with Crippen molar-refractivity contribution in [2.45, 2.75) is 29.7 Å². The molecule has 2 aromatic carbocycles. The van der Waals surface area contributed by atoms with Crippen molar-refractivity contribution in [2.24, 2.45) is 0 Å². The standard InChI is InChI=1S/C18H16BrN3S/c19-15-6-4-5-13(11-15)12-23-18-21-20-17(14-9-10-14)22(18)16-7-2-1-3-8-16/h1-8,11,14H,9-10,12H2. The van der Waals surface area contributed by atoms with Crippen molar-refractivity contribution in [3.63, 3.8) is 0 Å². The molecule has 0 radical (unpaired) electrons. The number of hydrogen-bond donors (Lipinski definition) is 0. The summed E-state index contributed by atoms with van der Waals surface area (Å²) >= 11 is 5.27. The third-order valence-electron chi connectivity index (χ3n) is 3.87. The molecule has 3 nitrogen and oxygen atoms in total. The van der Waals surface area contributed by atoms with E-state index in [2.05, 4.69) is 73.2 Å². The molecule has 1 fully saturated rings. The second kappa shape index (κ2) is 6.49. The molecule has 1 aromatic heterocycles. The van der Waals surface area contributed by atoms with Crippen molar-refractivity contribution in [2.75, 3.05) is 0 Å². The second-order valence-corrected chi connectivity index (χ2v) is 7.56. The SMILES string of the molecule is Brc1cccc(CSc2nnc(C3CC3)n2-c2ccccc2)c1. The van der Waals surface area contributed by atoms with Gasteiger partial charge in [0, 0.05) is 21.8 Å². The molecular formula is C18H16BrN3S. The Morgan fingerprint density at radius 2 is 1.87 bits per heavy atom. The fourth-order valence-corrected chi connectivity index (χ4v) is 3.92. The van der Waals surface area contributed by atoms with Gasteiger partial charge in [0.15, 0.2) is 5.16 Å². The average molecular weight is 386 g/mol. The zero-order valence-electron chi connectivity index (χ0n) is 12.5. The highest BCUT2D eigenvalue weighted by atomic mass is 79.9. The molecular weight excluding hydrogens is 370 g/mol. The molecule has 0 saturated heterocycles. The van der Waals surface area contributed by atoms with E-state index in [0.717, 1.165) is 26.9 Å². The summed E-state index contributed by atoms with van der Waals surface area (Å²) in [6.07, 6.45) is 2.45. The zero-order chi connectivity index (χ0) is 15.6. The van der Waals surface area contributed by atoms with Crippen LogP contribution in [0.15, 0.2) is 64.2 Å². The smallest absolute Gasteiger partial charge is 0.196 e. The Bertz CT molecular complexity index is 812. The monoisotopic (exact) mass is 385 g/mol. The van der Waals surface area contributed by atoms with Gasteiger partial charge in [-0.05, 0) is 42.7 Å². The third-order valence-corrected chi connectivity index (χ3v) is 5.37. The Hall–Kier alpha value is -1.59. The maximum Gasteiger partial charge on any atom is 0.196 e. The summed E-state index contributed by atoms with van der Waals surface area (Å²) in [4.78, 5) is 0. The van der Waals surface area contributed by atoms with E-state index in [1.54, 1.807) is 11.8 Å². The predicted molar refractivity (Wildman–Crippen MR) is 97.0 cm³/mol. The number of para-hydroxylation sites is 1. The van der Waals surface area contributed by atoms with Gasteiger partial charge in [0.1, 0.15) is 5.82 Å². The molecule has 3 aromatic rings. The number of thioether (sulfide) groups is 1. The van der Waals surface area contributed by atoms with Gasteiger partial charge in [-0.25, -0.2) is 0 Å². The Morgan fingerprint density at radius 1 is 1.04 bits per heavy atom. The number of halogens is 1. The van der Waals surface area contributed by atoms with Crippen LogP contribution in [0.25, 0.3) is 5.69 Å². The van der Waals surface area contributed by atoms with Gasteiger partial charge in [-0.3, -0.25) is 4.57 Å². The van der Waals surface area contributed by atoms with Gasteiger partial charge in [-0.1, -0.05) is 58.0 Å². The van der Waals surface area contributed by atoms with E-state index in [9.17, 15) is 0 Å². The molecule has 5 heteroatoms. The molecule has 23 heavy (non-hydrogen) atoms. The van der Waals surface area contributed by atoms with Crippen LogP contribution in [-0.4, -0.2) is 14.8 Å². The molecule has 0 unspecified atom stereocenters. The van der Waals surface area contributed by atoms with Gasteiger partial charge in [0.2, 0.25) is 0 Å². The summed E-state index contributed by atoms with van der Waals surface area (Å²) < 4.78 is 3.33. The Morgan fingerprint density at radius 3 is 2.61 bits per heavy atom. The van der Waals surface area contributed by atoms with Gasteiger partial charge in [-0.15, -0.1) is 10.2 Å². The molecule has 0 aliphatic heterocycles. The minimum atomic E-state index is 0.572.